The van der Waals surface area contributed by atoms with E-state index in [0.29, 0.717) is 12.5 Å². The number of aliphatic hydroxyl groups is 4. The largest absolute Gasteiger partial charge is 0.394 e. The summed E-state index contributed by atoms with van der Waals surface area (Å²) in [7, 11) is 0. The highest BCUT2D eigenvalue weighted by Crippen LogP contribution is 2.29. The summed E-state index contributed by atoms with van der Waals surface area (Å²) in [5.41, 5.74) is 2.31. The topological polar surface area (TPSA) is 99.4 Å². The molecule has 1 aliphatic heterocycles. The van der Waals surface area contributed by atoms with Gasteiger partial charge in [0.1, 0.15) is 24.4 Å². The third-order valence-electron chi connectivity index (χ3n) is 4.48. The molecule has 0 unspecified atom stereocenters. The van der Waals surface area contributed by atoms with Gasteiger partial charge in [-0.2, -0.15) is 0 Å². The molecule has 0 radical (unpaired) electrons. The molecule has 2 rings (SSSR count). The summed E-state index contributed by atoms with van der Waals surface area (Å²) in [5, 5.41) is 38.4. The minimum Gasteiger partial charge on any atom is -0.394 e. The lowest BCUT2D eigenvalue weighted by Crippen LogP contribution is -2.59. The molecule has 0 amide bonds. The highest BCUT2D eigenvalue weighted by molar-refractivity contribution is 5.12. The molecule has 6 heteroatoms. The van der Waals surface area contributed by atoms with Gasteiger partial charge >= 0.3 is 0 Å². The summed E-state index contributed by atoms with van der Waals surface area (Å²) in [5.74, 6) is 0.510. The quantitative estimate of drug-likeness (QED) is 0.537. The minimum absolute atomic E-state index is 0.297. The van der Waals surface area contributed by atoms with Crippen LogP contribution in [0.3, 0.4) is 0 Å². The monoisotopic (exact) mass is 314 g/mol. The average molecular weight is 314 g/mol. The van der Waals surface area contributed by atoms with E-state index in [1.807, 2.05) is 6.92 Å². The number of hydrogen-bond donors (Lipinski definition) is 4. The van der Waals surface area contributed by atoms with Crippen LogP contribution in [0.15, 0.2) is 23.8 Å². The average Bonchev–Trinajstić information content (AvgIpc) is 2.52. The minimum atomic E-state index is -1.40. The lowest BCUT2D eigenvalue weighted by Gasteiger charge is -2.39. The van der Waals surface area contributed by atoms with Gasteiger partial charge in [0.2, 0.25) is 0 Å². The van der Waals surface area contributed by atoms with Gasteiger partial charge in [-0.15, -0.1) is 0 Å². The Morgan fingerprint density at radius 2 is 2.05 bits per heavy atom. The van der Waals surface area contributed by atoms with E-state index in [0.717, 1.165) is 24.8 Å². The van der Waals surface area contributed by atoms with Crippen LogP contribution in [0.5, 0.6) is 0 Å². The number of aliphatic hydroxyl groups excluding tert-OH is 4. The van der Waals surface area contributed by atoms with Gasteiger partial charge in [0.05, 0.1) is 13.2 Å². The van der Waals surface area contributed by atoms with Gasteiger partial charge in [0.15, 0.2) is 6.29 Å². The van der Waals surface area contributed by atoms with Crippen LogP contribution < -0.4 is 0 Å². The van der Waals surface area contributed by atoms with Crippen LogP contribution in [0, 0.1) is 5.92 Å². The van der Waals surface area contributed by atoms with Gasteiger partial charge in [0.25, 0.3) is 0 Å². The van der Waals surface area contributed by atoms with E-state index < -0.39 is 37.3 Å². The highest BCUT2D eigenvalue weighted by atomic mass is 16.7. The van der Waals surface area contributed by atoms with Crippen molar-refractivity contribution in [2.24, 2.45) is 5.92 Å². The first kappa shape index (κ1) is 17.6. The van der Waals surface area contributed by atoms with E-state index in [-0.39, 0.29) is 0 Å². The number of hydrogen-bond acceptors (Lipinski definition) is 6. The summed E-state index contributed by atoms with van der Waals surface area (Å²) in [6.45, 7) is 5.86. The van der Waals surface area contributed by atoms with Gasteiger partial charge in [-0.05, 0) is 37.7 Å². The molecular formula is C16H26O6. The van der Waals surface area contributed by atoms with Crippen LogP contribution in [-0.4, -0.2) is 64.3 Å². The molecule has 0 aromatic heterocycles. The molecule has 1 fully saturated rings. The number of rotatable bonds is 5. The molecule has 0 spiro atoms. The molecule has 0 aromatic carbocycles. The Bertz CT molecular complexity index is 419. The second-order valence-electron chi connectivity index (χ2n) is 6.19. The van der Waals surface area contributed by atoms with Crippen molar-refractivity contribution in [2.45, 2.75) is 56.9 Å². The third-order valence-corrected chi connectivity index (χ3v) is 4.48. The van der Waals surface area contributed by atoms with Gasteiger partial charge in [-0.3, -0.25) is 0 Å². The van der Waals surface area contributed by atoms with Crippen molar-refractivity contribution < 1.29 is 29.9 Å². The summed E-state index contributed by atoms with van der Waals surface area (Å²) < 4.78 is 10.8. The maximum Gasteiger partial charge on any atom is 0.187 e. The molecule has 126 valence electrons. The molecule has 2 aliphatic rings. The molecule has 1 aliphatic carbocycles. The first-order valence-corrected chi connectivity index (χ1v) is 7.69. The normalized spacial score (nSPS) is 39.4. The Kier molecular flexibility index (Phi) is 6.14. The SMILES string of the molecule is C=C(C)[C@@H]1CC=C(CO[C@H]2O[C@H](CO)[C@@H](O)[C@H](O)[C@H]2O)CC1. The van der Waals surface area contributed by atoms with Crippen LogP contribution in [-0.2, 0) is 9.47 Å². The van der Waals surface area contributed by atoms with Crippen molar-refractivity contribution in [1.29, 1.82) is 0 Å². The summed E-state index contributed by atoms with van der Waals surface area (Å²) in [6, 6.07) is 0. The maximum absolute atomic E-state index is 9.89. The molecular weight excluding hydrogens is 288 g/mol. The van der Waals surface area contributed by atoms with Crippen molar-refractivity contribution in [3.8, 4) is 0 Å². The van der Waals surface area contributed by atoms with Crippen LogP contribution in [0.25, 0.3) is 0 Å². The van der Waals surface area contributed by atoms with Crippen molar-refractivity contribution in [1.82, 2.24) is 0 Å². The fraction of sp³-hybridized carbons (Fsp3) is 0.750. The fourth-order valence-electron chi connectivity index (χ4n) is 2.86. The van der Waals surface area contributed by atoms with Crippen LogP contribution in [0.2, 0.25) is 0 Å². The molecule has 22 heavy (non-hydrogen) atoms. The molecule has 6 nitrogen and oxygen atoms in total. The number of ether oxygens (including phenoxy) is 2. The van der Waals surface area contributed by atoms with Gasteiger partial charge in [-0.25, -0.2) is 0 Å². The van der Waals surface area contributed by atoms with E-state index >= 15 is 0 Å². The van der Waals surface area contributed by atoms with Crippen molar-refractivity contribution in [3.05, 3.63) is 23.8 Å². The van der Waals surface area contributed by atoms with Crippen LogP contribution in [0.4, 0.5) is 0 Å². The second-order valence-corrected chi connectivity index (χ2v) is 6.19. The van der Waals surface area contributed by atoms with Crippen LogP contribution >= 0.6 is 0 Å². The van der Waals surface area contributed by atoms with E-state index in [1.54, 1.807) is 0 Å². The van der Waals surface area contributed by atoms with E-state index in [1.165, 1.54) is 5.57 Å². The predicted octanol–water partition coefficient (Wildman–Crippen LogP) is 0.105. The van der Waals surface area contributed by atoms with Gasteiger partial charge < -0.3 is 29.9 Å². The van der Waals surface area contributed by atoms with Crippen molar-refractivity contribution in [3.63, 3.8) is 0 Å². The van der Waals surface area contributed by atoms with Crippen molar-refractivity contribution in [2.75, 3.05) is 13.2 Å². The Labute approximate surface area is 130 Å². The van der Waals surface area contributed by atoms with E-state index in [9.17, 15) is 15.3 Å². The van der Waals surface area contributed by atoms with Gasteiger partial charge in [-0.1, -0.05) is 18.2 Å². The van der Waals surface area contributed by atoms with Crippen LogP contribution in [0.1, 0.15) is 26.2 Å². The molecule has 4 N–H and O–H groups in total. The highest BCUT2D eigenvalue weighted by Gasteiger charge is 2.44. The third kappa shape index (κ3) is 3.95. The lowest BCUT2D eigenvalue weighted by atomic mass is 9.86. The molecule has 6 atom stereocenters. The molecule has 0 aromatic rings. The molecule has 0 bridgehead atoms. The zero-order valence-corrected chi connectivity index (χ0v) is 12.9. The molecule has 1 saturated heterocycles. The smallest absolute Gasteiger partial charge is 0.187 e. The zero-order valence-electron chi connectivity index (χ0n) is 12.9. The molecule has 1 heterocycles. The van der Waals surface area contributed by atoms with Gasteiger partial charge in [0, 0.05) is 0 Å². The Hall–Kier alpha value is -0.760. The Morgan fingerprint density at radius 1 is 1.32 bits per heavy atom. The molecule has 0 saturated carbocycles. The zero-order chi connectivity index (χ0) is 16.3. The standard InChI is InChI=1S/C16H26O6/c1-9(2)11-5-3-10(4-6-11)8-21-16-15(20)14(19)13(18)12(7-17)22-16/h3,11-20H,1,4-8H2,2H3/t11-,12-,13-,14+,15-,16+/m1/s1. The number of allylic oxidation sites excluding steroid dienone is 2. The summed E-state index contributed by atoms with van der Waals surface area (Å²) in [6.07, 6.45) is -1.12. The van der Waals surface area contributed by atoms with E-state index in [4.69, 9.17) is 14.6 Å². The fourth-order valence-corrected chi connectivity index (χ4v) is 2.86. The Balaban J connectivity index is 1.87. The predicted molar refractivity (Wildman–Crippen MR) is 80.0 cm³/mol. The second kappa shape index (κ2) is 7.68. The Morgan fingerprint density at radius 3 is 2.59 bits per heavy atom. The maximum atomic E-state index is 9.89. The first-order valence-electron chi connectivity index (χ1n) is 7.69. The first-order chi connectivity index (χ1) is 10.4. The summed E-state index contributed by atoms with van der Waals surface area (Å²) >= 11 is 0. The van der Waals surface area contributed by atoms with Crippen molar-refractivity contribution >= 4 is 0 Å². The summed E-state index contributed by atoms with van der Waals surface area (Å²) in [4.78, 5) is 0. The van der Waals surface area contributed by atoms with E-state index in [2.05, 4.69) is 12.7 Å². The lowest BCUT2D eigenvalue weighted by molar-refractivity contribution is -0.299.